The summed E-state index contributed by atoms with van der Waals surface area (Å²) in [5.74, 6) is 0.746. The van der Waals surface area contributed by atoms with Gasteiger partial charge in [-0.1, -0.05) is 24.3 Å². The second-order valence-electron chi connectivity index (χ2n) is 8.07. The molecule has 1 saturated heterocycles. The van der Waals surface area contributed by atoms with Crippen LogP contribution in [0.3, 0.4) is 0 Å². The fourth-order valence-corrected chi connectivity index (χ4v) is 2.90. The highest BCUT2D eigenvalue weighted by Gasteiger charge is 2.34. The molecule has 29 heavy (non-hydrogen) atoms. The molecule has 0 saturated carbocycles. The van der Waals surface area contributed by atoms with Crippen LogP contribution in [-0.4, -0.2) is 30.4 Å². The third-order valence-corrected chi connectivity index (χ3v) is 4.35. The molecule has 1 heterocycles. The fraction of sp³-hybridized carbons (Fsp3) is 0.391. The lowest BCUT2D eigenvalue weighted by Gasteiger charge is -2.23. The van der Waals surface area contributed by atoms with E-state index in [0.29, 0.717) is 25.2 Å². The molecule has 0 spiro atoms. The number of nitrogens with zero attached hydrogens (tertiary/aromatic N) is 1. The number of hydrogen-bond donors (Lipinski definition) is 1. The van der Waals surface area contributed by atoms with Gasteiger partial charge in [-0.2, -0.15) is 5.26 Å². The first-order valence-electron chi connectivity index (χ1n) is 9.64. The first kappa shape index (κ1) is 20.7. The van der Waals surface area contributed by atoms with Crippen LogP contribution in [0.25, 0.3) is 0 Å². The van der Waals surface area contributed by atoms with Gasteiger partial charge < -0.3 is 19.5 Å². The zero-order valence-electron chi connectivity index (χ0n) is 17.0. The number of nitriles is 1. The minimum atomic E-state index is -0.537. The zero-order chi connectivity index (χ0) is 20.9. The van der Waals surface area contributed by atoms with Crippen molar-refractivity contribution < 1.29 is 19.0 Å². The van der Waals surface area contributed by atoms with Crippen molar-refractivity contribution in [2.45, 2.75) is 51.5 Å². The average Bonchev–Trinajstić information content (AvgIpc) is 3.51. The molecule has 2 unspecified atom stereocenters. The molecule has 6 nitrogen and oxygen atoms in total. The Morgan fingerprint density at radius 2 is 1.97 bits per heavy atom. The largest absolute Gasteiger partial charge is 0.489 e. The number of ether oxygens (including phenoxy) is 3. The number of carbonyl (C=O) groups is 1. The van der Waals surface area contributed by atoms with Crippen molar-refractivity contribution in [3.63, 3.8) is 0 Å². The van der Waals surface area contributed by atoms with Gasteiger partial charge in [0.2, 0.25) is 0 Å². The molecule has 1 aliphatic rings. The highest BCUT2D eigenvalue weighted by molar-refractivity contribution is 5.68. The number of alkyl carbamates (subject to hydrolysis) is 1. The summed E-state index contributed by atoms with van der Waals surface area (Å²) in [4.78, 5) is 12.1. The maximum Gasteiger partial charge on any atom is 0.407 e. The highest BCUT2D eigenvalue weighted by Crippen LogP contribution is 2.21. The van der Waals surface area contributed by atoms with Crippen molar-refractivity contribution in [3.05, 3.63) is 65.2 Å². The van der Waals surface area contributed by atoms with Gasteiger partial charge in [-0.25, -0.2) is 4.79 Å². The molecule has 1 aliphatic heterocycles. The molecule has 152 valence electrons. The Hall–Kier alpha value is -3.04. The molecule has 3 rings (SSSR count). The first-order valence-corrected chi connectivity index (χ1v) is 9.64. The van der Waals surface area contributed by atoms with E-state index in [-0.39, 0.29) is 12.1 Å². The van der Waals surface area contributed by atoms with E-state index in [0.717, 1.165) is 16.9 Å². The van der Waals surface area contributed by atoms with Crippen molar-refractivity contribution in [1.82, 2.24) is 5.32 Å². The molecular weight excluding hydrogens is 368 g/mol. The summed E-state index contributed by atoms with van der Waals surface area (Å²) in [5, 5.41) is 11.9. The van der Waals surface area contributed by atoms with Crippen LogP contribution in [0.5, 0.6) is 5.75 Å². The van der Waals surface area contributed by atoms with E-state index in [1.54, 1.807) is 6.07 Å². The number of amides is 1. The molecule has 2 atom stereocenters. The van der Waals surface area contributed by atoms with Crippen LogP contribution in [0.2, 0.25) is 0 Å². The summed E-state index contributed by atoms with van der Waals surface area (Å²) in [6.07, 6.45) is 0.234. The van der Waals surface area contributed by atoms with Crippen molar-refractivity contribution in [1.29, 1.82) is 5.26 Å². The van der Waals surface area contributed by atoms with Crippen LogP contribution >= 0.6 is 0 Å². The van der Waals surface area contributed by atoms with Crippen LogP contribution in [0.4, 0.5) is 4.79 Å². The number of nitrogens with one attached hydrogen (secondary N) is 1. The monoisotopic (exact) mass is 394 g/mol. The van der Waals surface area contributed by atoms with Gasteiger partial charge in [0.25, 0.3) is 0 Å². The minimum Gasteiger partial charge on any atom is -0.489 e. The van der Waals surface area contributed by atoms with Crippen molar-refractivity contribution in [2.75, 3.05) is 6.61 Å². The number of hydrogen-bond acceptors (Lipinski definition) is 5. The van der Waals surface area contributed by atoms with Crippen LogP contribution in [0.15, 0.2) is 48.5 Å². The Kier molecular flexibility index (Phi) is 6.40. The molecule has 6 heteroatoms. The molecule has 2 aromatic carbocycles. The molecule has 0 radical (unpaired) electrons. The van der Waals surface area contributed by atoms with Gasteiger partial charge >= 0.3 is 6.09 Å². The van der Waals surface area contributed by atoms with Crippen LogP contribution in [0, 0.1) is 11.3 Å². The lowest BCUT2D eigenvalue weighted by molar-refractivity contribution is 0.0495. The fourth-order valence-electron chi connectivity index (χ4n) is 2.90. The summed E-state index contributed by atoms with van der Waals surface area (Å²) in [7, 11) is 0. The Bertz CT molecular complexity index is 877. The topological polar surface area (TPSA) is 83.9 Å². The molecule has 1 N–H and O–H groups in total. The predicted molar refractivity (Wildman–Crippen MR) is 109 cm³/mol. The third kappa shape index (κ3) is 6.81. The van der Waals surface area contributed by atoms with E-state index < -0.39 is 11.7 Å². The van der Waals surface area contributed by atoms with Gasteiger partial charge in [-0.15, -0.1) is 0 Å². The molecule has 1 fully saturated rings. The number of epoxide rings is 1. The van der Waals surface area contributed by atoms with E-state index >= 15 is 0 Å². The molecule has 1 amide bonds. The maximum absolute atomic E-state index is 12.1. The normalized spacial score (nSPS) is 16.4. The molecule has 0 aromatic heterocycles. The lowest BCUT2D eigenvalue weighted by atomic mass is 10.0. The number of carbonyl (C=O) groups excluding carboxylic acids is 1. The first-order chi connectivity index (χ1) is 13.8. The van der Waals surface area contributed by atoms with Gasteiger partial charge in [0.15, 0.2) is 0 Å². The molecule has 0 aliphatic carbocycles. The Morgan fingerprint density at radius 3 is 2.59 bits per heavy atom. The summed E-state index contributed by atoms with van der Waals surface area (Å²) in [6, 6.07) is 17.1. The van der Waals surface area contributed by atoms with E-state index in [1.165, 1.54) is 0 Å². The maximum atomic E-state index is 12.1. The minimum absolute atomic E-state index is 0.0193. The lowest BCUT2D eigenvalue weighted by Crippen LogP contribution is -2.43. The van der Waals surface area contributed by atoms with Gasteiger partial charge in [-0.3, -0.25) is 0 Å². The Morgan fingerprint density at radius 1 is 1.24 bits per heavy atom. The van der Waals surface area contributed by atoms with E-state index in [4.69, 9.17) is 19.5 Å². The third-order valence-electron chi connectivity index (χ3n) is 4.35. The molecular formula is C23H26N2O4. The SMILES string of the molecule is CC(C)(C)OC(=O)NC(Cc1ccc(OCc2cccc(C#N)c2)cc1)C1CO1. The van der Waals surface area contributed by atoms with Crippen molar-refractivity contribution in [2.24, 2.45) is 0 Å². The second kappa shape index (κ2) is 8.97. The Balaban J connectivity index is 1.54. The van der Waals surface area contributed by atoms with E-state index in [2.05, 4.69) is 11.4 Å². The predicted octanol–water partition coefficient (Wildman–Crippen LogP) is 3.97. The summed E-state index contributed by atoms with van der Waals surface area (Å²) < 4.78 is 16.5. The molecule has 0 bridgehead atoms. The number of rotatable bonds is 7. The summed E-state index contributed by atoms with van der Waals surface area (Å²) in [5.41, 5.74) is 2.10. The highest BCUT2D eigenvalue weighted by atomic mass is 16.6. The van der Waals surface area contributed by atoms with Crippen molar-refractivity contribution in [3.8, 4) is 11.8 Å². The quantitative estimate of drug-likeness (QED) is 0.719. The van der Waals surface area contributed by atoms with Gasteiger partial charge in [0, 0.05) is 0 Å². The van der Waals surface area contributed by atoms with Crippen molar-refractivity contribution >= 4 is 6.09 Å². The average molecular weight is 394 g/mol. The van der Waals surface area contributed by atoms with Crippen LogP contribution in [0.1, 0.15) is 37.5 Å². The van der Waals surface area contributed by atoms with E-state index in [1.807, 2.05) is 63.2 Å². The number of benzene rings is 2. The van der Waals surface area contributed by atoms with Crippen LogP contribution in [-0.2, 0) is 22.5 Å². The second-order valence-corrected chi connectivity index (χ2v) is 8.07. The smallest absolute Gasteiger partial charge is 0.407 e. The summed E-state index contributed by atoms with van der Waals surface area (Å²) >= 11 is 0. The Labute approximate surface area is 171 Å². The van der Waals surface area contributed by atoms with Gasteiger partial charge in [-0.05, 0) is 62.6 Å². The van der Waals surface area contributed by atoms with Gasteiger partial charge in [0.1, 0.15) is 24.1 Å². The van der Waals surface area contributed by atoms with E-state index in [9.17, 15) is 4.79 Å². The summed E-state index contributed by atoms with van der Waals surface area (Å²) in [6.45, 7) is 6.55. The zero-order valence-corrected chi connectivity index (χ0v) is 17.0. The standard InChI is InChI=1S/C23H26N2O4/c1-23(2,3)29-22(26)25-20(21-15-28-21)12-16-7-9-19(10-8-16)27-14-18-6-4-5-17(11-18)13-24/h4-11,20-21H,12,14-15H2,1-3H3,(H,25,26). The van der Waals surface area contributed by atoms with Crippen LogP contribution < -0.4 is 10.1 Å². The van der Waals surface area contributed by atoms with Gasteiger partial charge in [0.05, 0.1) is 24.3 Å². The molecule has 2 aromatic rings.